The highest BCUT2D eigenvalue weighted by Gasteiger charge is 2.11. The van der Waals surface area contributed by atoms with Gasteiger partial charge in [-0.25, -0.2) is 9.78 Å². The Balaban J connectivity index is 2.81. The number of pyridine rings is 1. The summed E-state index contributed by atoms with van der Waals surface area (Å²) in [7, 11) is 1.58. The summed E-state index contributed by atoms with van der Waals surface area (Å²) >= 11 is 3.12. The Labute approximate surface area is 95.6 Å². The fourth-order valence-corrected chi connectivity index (χ4v) is 1.34. The van der Waals surface area contributed by atoms with Gasteiger partial charge in [-0.05, 0) is 28.1 Å². The van der Waals surface area contributed by atoms with Crippen LogP contribution in [0.2, 0.25) is 0 Å². The SMILES string of the molecule is COCCNc1ccc(Br)nc1C(=O)O. The van der Waals surface area contributed by atoms with Crippen LogP contribution in [0.15, 0.2) is 16.7 Å². The number of halogens is 1. The van der Waals surface area contributed by atoms with E-state index in [1.165, 1.54) is 0 Å². The van der Waals surface area contributed by atoms with Gasteiger partial charge in [0.25, 0.3) is 0 Å². The Morgan fingerprint density at radius 1 is 1.67 bits per heavy atom. The number of nitrogens with zero attached hydrogens (tertiary/aromatic N) is 1. The zero-order valence-corrected chi connectivity index (χ0v) is 9.74. The summed E-state index contributed by atoms with van der Waals surface area (Å²) in [5.74, 6) is -1.06. The van der Waals surface area contributed by atoms with Gasteiger partial charge in [-0.3, -0.25) is 0 Å². The van der Waals surface area contributed by atoms with E-state index in [1.54, 1.807) is 19.2 Å². The van der Waals surface area contributed by atoms with Crippen LogP contribution in [0.1, 0.15) is 10.5 Å². The number of anilines is 1. The van der Waals surface area contributed by atoms with Gasteiger partial charge in [0.1, 0.15) is 4.60 Å². The third-order valence-electron chi connectivity index (χ3n) is 1.69. The van der Waals surface area contributed by atoms with E-state index in [2.05, 4.69) is 26.2 Å². The Morgan fingerprint density at radius 2 is 2.40 bits per heavy atom. The van der Waals surface area contributed by atoms with Gasteiger partial charge in [-0.2, -0.15) is 0 Å². The van der Waals surface area contributed by atoms with Gasteiger partial charge in [-0.15, -0.1) is 0 Å². The van der Waals surface area contributed by atoms with E-state index in [1.807, 2.05) is 0 Å². The maximum atomic E-state index is 10.9. The molecule has 5 nitrogen and oxygen atoms in total. The molecule has 0 saturated carbocycles. The van der Waals surface area contributed by atoms with Crippen LogP contribution in [0.25, 0.3) is 0 Å². The first-order chi connectivity index (χ1) is 7.15. The molecule has 0 aromatic carbocycles. The summed E-state index contributed by atoms with van der Waals surface area (Å²) in [5, 5.41) is 11.8. The molecular formula is C9H11BrN2O3. The molecule has 0 amide bonds. The Morgan fingerprint density at radius 3 is 3.00 bits per heavy atom. The summed E-state index contributed by atoms with van der Waals surface area (Å²) in [6.45, 7) is 1.05. The van der Waals surface area contributed by atoms with Crippen molar-refractivity contribution in [3.05, 3.63) is 22.4 Å². The number of carbonyl (C=O) groups is 1. The van der Waals surface area contributed by atoms with Crippen molar-refractivity contribution >= 4 is 27.6 Å². The first kappa shape index (κ1) is 11.9. The molecule has 1 rings (SSSR count). The van der Waals surface area contributed by atoms with E-state index in [9.17, 15) is 4.79 Å². The van der Waals surface area contributed by atoms with Crippen molar-refractivity contribution < 1.29 is 14.6 Å². The van der Waals surface area contributed by atoms with Crippen molar-refractivity contribution in [2.24, 2.45) is 0 Å². The monoisotopic (exact) mass is 274 g/mol. The van der Waals surface area contributed by atoms with Crippen LogP contribution in [0.5, 0.6) is 0 Å². The van der Waals surface area contributed by atoms with Crippen LogP contribution in [-0.4, -0.2) is 36.3 Å². The summed E-state index contributed by atoms with van der Waals surface area (Å²) in [4.78, 5) is 14.7. The number of carboxylic acids is 1. The van der Waals surface area contributed by atoms with E-state index in [-0.39, 0.29) is 5.69 Å². The van der Waals surface area contributed by atoms with Crippen LogP contribution in [0, 0.1) is 0 Å². The average Bonchev–Trinajstić information content (AvgIpc) is 2.20. The van der Waals surface area contributed by atoms with Crippen molar-refractivity contribution in [3.63, 3.8) is 0 Å². The quantitative estimate of drug-likeness (QED) is 0.631. The van der Waals surface area contributed by atoms with Gasteiger partial charge in [0.15, 0.2) is 5.69 Å². The molecule has 0 spiro atoms. The zero-order valence-electron chi connectivity index (χ0n) is 8.16. The molecule has 0 atom stereocenters. The number of nitrogens with one attached hydrogen (secondary N) is 1. The maximum absolute atomic E-state index is 10.9. The number of rotatable bonds is 5. The fraction of sp³-hybridized carbons (Fsp3) is 0.333. The van der Waals surface area contributed by atoms with Crippen molar-refractivity contribution in [1.29, 1.82) is 0 Å². The summed E-state index contributed by atoms with van der Waals surface area (Å²) in [6.07, 6.45) is 0. The number of methoxy groups -OCH3 is 1. The predicted molar refractivity (Wildman–Crippen MR) is 59.3 cm³/mol. The topological polar surface area (TPSA) is 71.5 Å². The molecule has 0 unspecified atom stereocenters. The molecule has 2 N–H and O–H groups in total. The molecule has 82 valence electrons. The summed E-state index contributed by atoms with van der Waals surface area (Å²) in [5.41, 5.74) is 0.489. The first-order valence-corrected chi connectivity index (χ1v) is 5.07. The predicted octanol–water partition coefficient (Wildman–Crippen LogP) is 1.60. The molecule has 1 heterocycles. The number of hydrogen-bond acceptors (Lipinski definition) is 4. The van der Waals surface area contributed by atoms with Crippen LogP contribution < -0.4 is 5.32 Å². The van der Waals surface area contributed by atoms with Crippen molar-refractivity contribution in [2.75, 3.05) is 25.6 Å². The molecule has 1 aromatic heterocycles. The Hall–Kier alpha value is -1.14. The first-order valence-electron chi connectivity index (χ1n) is 4.28. The van der Waals surface area contributed by atoms with Gasteiger partial charge < -0.3 is 15.2 Å². The maximum Gasteiger partial charge on any atom is 0.356 e. The average molecular weight is 275 g/mol. The van der Waals surface area contributed by atoms with Gasteiger partial charge in [-0.1, -0.05) is 0 Å². The normalized spacial score (nSPS) is 10.0. The highest BCUT2D eigenvalue weighted by Crippen LogP contribution is 2.16. The lowest BCUT2D eigenvalue weighted by Crippen LogP contribution is -2.12. The second-order valence-corrected chi connectivity index (χ2v) is 3.57. The zero-order chi connectivity index (χ0) is 11.3. The molecule has 0 fully saturated rings. The second-order valence-electron chi connectivity index (χ2n) is 2.75. The van der Waals surface area contributed by atoms with E-state index in [0.717, 1.165) is 0 Å². The molecule has 0 aliphatic rings. The summed E-state index contributed by atoms with van der Waals surface area (Å²) < 4.78 is 5.35. The Bertz CT molecular complexity index is 357. The minimum atomic E-state index is -1.06. The van der Waals surface area contributed by atoms with E-state index in [4.69, 9.17) is 9.84 Å². The Kier molecular flexibility index (Phi) is 4.51. The van der Waals surface area contributed by atoms with Crippen LogP contribution >= 0.6 is 15.9 Å². The van der Waals surface area contributed by atoms with Crippen LogP contribution in [0.4, 0.5) is 5.69 Å². The lowest BCUT2D eigenvalue weighted by Gasteiger charge is -2.08. The third kappa shape index (κ3) is 3.49. The minimum absolute atomic E-state index is 0.000443. The smallest absolute Gasteiger partial charge is 0.356 e. The number of ether oxygens (including phenoxy) is 1. The van der Waals surface area contributed by atoms with Crippen LogP contribution in [0.3, 0.4) is 0 Å². The van der Waals surface area contributed by atoms with Crippen LogP contribution in [-0.2, 0) is 4.74 Å². The van der Waals surface area contributed by atoms with E-state index >= 15 is 0 Å². The number of aromatic nitrogens is 1. The lowest BCUT2D eigenvalue weighted by atomic mass is 10.3. The molecule has 15 heavy (non-hydrogen) atoms. The second kappa shape index (κ2) is 5.67. The minimum Gasteiger partial charge on any atom is -0.476 e. The lowest BCUT2D eigenvalue weighted by molar-refractivity contribution is 0.0691. The molecule has 6 heteroatoms. The molecule has 0 aliphatic heterocycles. The molecule has 1 aromatic rings. The molecule has 0 radical (unpaired) electrons. The molecular weight excluding hydrogens is 264 g/mol. The van der Waals surface area contributed by atoms with Gasteiger partial charge in [0.05, 0.1) is 12.3 Å². The highest BCUT2D eigenvalue weighted by atomic mass is 79.9. The summed E-state index contributed by atoms with van der Waals surface area (Å²) in [6, 6.07) is 3.35. The van der Waals surface area contributed by atoms with E-state index < -0.39 is 5.97 Å². The number of carboxylic acid groups (broad SMARTS) is 1. The number of hydrogen-bond donors (Lipinski definition) is 2. The van der Waals surface area contributed by atoms with E-state index in [0.29, 0.717) is 23.4 Å². The van der Waals surface area contributed by atoms with Crippen molar-refractivity contribution in [3.8, 4) is 0 Å². The standard InChI is InChI=1S/C9H11BrN2O3/c1-15-5-4-11-6-2-3-7(10)12-8(6)9(13)14/h2-3,11H,4-5H2,1H3,(H,13,14). The molecule has 0 aliphatic carbocycles. The largest absolute Gasteiger partial charge is 0.476 e. The van der Waals surface area contributed by atoms with Gasteiger partial charge in [0, 0.05) is 13.7 Å². The van der Waals surface area contributed by atoms with Crippen molar-refractivity contribution in [1.82, 2.24) is 4.98 Å². The molecule has 0 bridgehead atoms. The highest BCUT2D eigenvalue weighted by molar-refractivity contribution is 9.10. The third-order valence-corrected chi connectivity index (χ3v) is 2.13. The van der Waals surface area contributed by atoms with Gasteiger partial charge >= 0.3 is 5.97 Å². The molecule has 0 saturated heterocycles. The van der Waals surface area contributed by atoms with Crippen molar-refractivity contribution in [2.45, 2.75) is 0 Å². The number of aromatic carboxylic acids is 1. The van der Waals surface area contributed by atoms with Gasteiger partial charge in [0.2, 0.25) is 0 Å². The fourth-order valence-electron chi connectivity index (χ4n) is 1.03.